The van der Waals surface area contributed by atoms with Crippen molar-refractivity contribution in [1.29, 1.82) is 0 Å². The Kier molecular flexibility index (Phi) is 3.78. The first-order valence-corrected chi connectivity index (χ1v) is 7.60. The standard InChI is InChI=1S/C15H17ClN4O2/c16-13(7-1-2-7)8-3-4-9-10(5-8)11(19-14(9)22)6-12(21)20-15(17)18/h3-5,7,11,13H,1-2,6H2,(H,19,22)(H4,17,18,20,21). The van der Waals surface area contributed by atoms with Gasteiger partial charge in [0.2, 0.25) is 0 Å². The third-order valence-electron chi connectivity index (χ3n) is 3.99. The van der Waals surface area contributed by atoms with Crippen LogP contribution in [0.4, 0.5) is 0 Å². The van der Waals surface area contributed by atoms with E-state index in [-0.39, 0.29) is 23.7 Å². The van der Waals surface area contributed by atoms with Crippen LogP contribution in [-0.2, 0) is 4.79 Å². The number of guanidine groups is 1. The molecule has 0 aromatic heterocycles. The van der Waals surface area contributed by atoms with Crippen LogP contribution in [-0.4, -0.2) is 17.8 Å². The van der Waals surface area contributed by atoms with Crippen LogP contribution in [0.15, 0.2) is 23.2 Å². The average Bonchev–Trinajstić information content (AvgIpc) is 3.24. The van der Waals surface area contributed by atoms with Gasteiger partial charge in [-0.15, -0.1) is 11.6 Å². The fourth-order valence-corrected chi connectivity index (χ4v) is 3.14. The maximum Gasteiger partial charge on any atom is 0.252 e. The summed E-state index contributed by atoms with van der Waals surface area (Å²) in [4.78, 5) is 27.2. The Bertz CT molecular complexity index is 666. The molecular weight excluding hydrogens is 304 g/mol. The van der Waals surface area contributed by atoms with Gasteiger partial charge in [0, 0.05) is 5.56 Å². The lowest BCUT2D eigenvalue weighted by molar-refractivity contribution is -0.118. The first-order valence-electron chi connectivity index (χ1n) is 7.17. The lowest BCUT2D eigenvalue weighted by atomic mass is 9.97. The summed E-state index contributed by atoms with van der Waals surface area (Å²) in [5, 5.41) is 2.73. The van der Waals surface area contributed by atoms with Crippen molar-refractivity contribution in [1.82, 2.24) is 5.32 Å². The highest BCUT2D eigenvalue weighted by Gasteiger charge is 2.34. The van der Waals surface area contributed by atoms with E-state index >= 15 is 0 Å². The van der Waals surface area contributed by atoms with Crippen molar-refractivity contribution in [2.45, 2.75) is 30.7 Å². The van der Waals surface area contributed by atoms with Crippen LogP contribution in [0.2, 0.25) is 0 Å². The quantitative estimate of drug-likeness (QED) is 0.442. The minimum absolute atomic E-state index is 0.0243. The van der Waals surface area contributed by atoms with E-state index in [2.05, 4.69) is 10.3 Å². The van der Waals surface area contributed by atoms with Crippen molar-refractivity contribution in [3.05, 3.63) is 34.9 Å². The molecule has 1 heterocycles. The van der Waals surface area contributed by atoms with Crippen LogP contribution >= 0.6 is 11.6 Å². The van der Waals surface area contributed by atoms with Crippen LogP contribution in [0.1, 0.15) is 52.2 Å². The molecule has 2 amide bonds. The molecule has 116 valence electrons. The van der Waals surface area contributed by atoms with Gasteiger partial charge in [0.25, 0.3) is 11.8 Å². The Hall–Kier alpha value is -2.08. The number of rotatable bonds is 4. The number of hydrogen-bond donors (Lipinski definition) is 3. The zero-order valence-electron chi connectivity index (χ0n) is 11.9. The van der Waals surface area contributed by atoms with Gasteiger partial charge in [0.1, 0.15) is 0 Å². The summed E-state index contributed by atoms with van der Waals surface area (Å²) >= 11 is 6.44. The second kappa shape index (κ2) is 5.61. The SMILES string of the molecule is NC(N)=NC(=O)CC1NC(=O)c2ccc(C(Cl)C3CC3)cc21. The molecule has 1 aromatic carbocycles. The number of alkyl halides is 1. The van der Waals surface area contributed by atoms with E-state index in [9.17, 15) is 9.59 Å². The van der Waals surface area contributed by atoms with E-state index in [1.54, 1.807) is 6.07 Å². The second-order valence-electron chi connectivity index (χ2n) is 5.75. The van der Waals surface area contributed by atoms with Gasteiger partial charge in [-0.3, -0.25) is 9.59 Å². The van der Waals surface area contributed by atoms with E-state index < -0.39 is 11.9 Å². The maximum absolute atomic E-state index is 12.0. The Morgan fingerprint density at radius 1 is 1.41 bits per heavy atom. The number of nitrogens with zero attached hydrogens (tertiary/aromatic N) is 1. The predicted octanol–water partition coefficient (Wildman–Crippen LogP) is 1.35. The second-order valence-corrected chi connectivity index (χ2v) is 6.22. The number of fused-ring (bicyclic) bond motifs is 1. The molecule has 3 rings (SSSR count). The number of nitrogens with one attached hydrogen (secondary N) is 1. The molecule has 6 nitrogen and oxygen atoms in total. The van der Waals surface area contributed by atoms with Gasteiger partial charge >= 0.3 is 0 Å². The molecule has 1 aliphatic heterocycles. The van der Waals surface area contributed by atoms with Gasteiger partial charge in [0.15, 0.2) is 5.96 Å². The molecule has 1 aromatic rings. The molecule has 22 heavy (non-hydrogen) atoms. The van der Waals surface area contributed by atoms with Crippen molar-refractivity contribution in [2.75, 3.05) is 0 Å². The normalized spacial score (nSPS) is 21.0. The monoisotopic (exact) mass is 320 g/mol. The third kappa shape index (κ3) is 2.92. The lowest BCUT2D eigenvalue weighted by Gasteiger charge is -2.13. The lowest BCUT2D eigenvalue weighted by Crippen LogP contribution is -2.26. The Balaban J connectivity index is 1.85. The number of amides is 2. The van der Waals surface area contributed by atoms with E-state index in [0.717, 1.165) is 24.0 Å². The predicted molar refractivity (Wildman–Crippen MR) is 83.4 cm³/mol. The first kappa shape index (κ1) is 14.8. The number of carbonyl (C=O) groups is 2. The van der Waals surface area contributed by atoms with Crippen molar-refractivity contribution >= 4 is 29.4 Å². The van der Waals surface area contributed by atoms with Crippen LogP contribution in [0, 0.1) is 5.92 Å². The summed E-state index contributed by atoms with van der Waals surface area (Å²) in [5.74, 6) is -0.431. The largest absolute Gasteiger partial charge is 0.370 e. The zero-order chi connectivity index (χ0) is 15.9. The van der Waals surface area contributed by atoms with Gasteiger partial charge in [-0.1, -0.05) is 12.1 Å². The molecule has 0 saturated heterocycles. The number of aliphatic imine (C=N–C) groups is 1. The minimum Gasteiger partial charge on any atom is -0.370 e. The maximum atomic E-state index is 12.0. The van der Waals surface area contributed by atoms with Gasteiger partial charge in [-0.2, -0.15) is 4.99 Å². The van der Waals surface area contributed by atoms with Crippen LogP contribution < -0.4 is 16.8 Å². The first-order chi connectivity index (χ1) is 10.5. The fraction of sp³-hybridized carbons (Fsp3) is 0.400. The van der Waals surface area contributed by atoms with E-state index in [1.807, 2.05) is 12.1 Å². The Labute approximate surface area is 132 Å². The number of carbonyl (C=O) groups excluding carboxylic acids is 2. The van der Waals surface area contributed by atoms with Crippen LogP contribution in [0.25, 0.3) is 0 Å². The van der Waals surface area contributed by atoms with E-state index in [0.29, 0.717) is 11.5 Å². The van der Waals surface area contributed by atoms with Gasteiger partial charge in [0.05, 0.1) is 17.8 Å². The summed E-state index contributed by atoms with van der Waals surface area (Å²) in [6.07, 6.45) is 2.29. The summed E-state index contributed by atoms with van der Waals surface area (Å²) in [5.41, 5.74) is 12.7. The molecule has 1 saturated carbocycles. The van der Waals surface area contributed by atoms with Crippen molar-refractivity contribution in [3.63, 3.8) is 0 Å². The molecule has 5 N–H and O–H groups in total. The highest BCUT2D eigenvalue weighted by Crippen LogP contribution is 2.46. The molecule has 1 fully saturated rings. The summed E-state index contributed by atoms with van der Waals surface area (Å²) < 4.78 is 0. The Morgan fingerprint density at radius 2 is 2.14 bits per heavy atom. The third-order valence-corrected chi connectivity index (χ3v) is 4.60. The molecule has 2 aliphatic rings. The highest BCUT2D eigenvalue weighted by atomic mass is 35.5. The van der Waals surface area contributed by atoms with Crippen molar-refractivity contribution < 1.29 is 9.59 Å². The summed E-state index contributed by atoms with van der Waals surface area (Å²) in [6, 6.07) is 5.15. The molecular formula is C15H17ClN4O2. The van der Waals surface area contributed by atoms with Gasteiger partial charge in [-0.25, -0.2) is 0 Å². The zero-order valence-corrected chi connectivity index (χ0v) is 12.6. The molecule has 1 aliphatic carbocycles. The van der Waals surface area contributed by atoms with Crippen molar-refractivity contribution in [3.8, 4) is 0 Å². The molecule has 2 unspecified atom stereocenters. The van der Waals surface area contributed by atoms with Gasteiger partial charge < -0.3 is 16.8 Å². The number of nitrogens with two attached hydrogens (primary N) is 2. The molecule has 0 radical (unpaired) electrons. The molecule has 7 heteroatoms. The topological polar surface area (TPSA) is 111 Å². The van der Waals surface area contributed by atoms with Crippen molar-refractivity contribution in [2.24, 2.45) is 22.4 Å². The van der Waals surface area contributed by atoms with Gasteiger partial charge in [-0.05, 0) is 36.0 Å². The average molecular weight is 321 g/mol. The summed E-state index contributed by atoms with van der Waals surface area (Å²) in [6.45, 7) is 0. The fourth-order valence-electron chi connectivity index (χ4n) is 2.75. The van der Waals surface area contributed by atoms with E-state index in [1.165, 1.54) is 0 Å². The Morgan fingerprint density at radius 3 is 2.77 bits per heavy atom. The molecule has 0 spiro atoms. The molecule has 0 bridgehead atoms. The number of halogens is 1. The smallest absolute Gasteiger partial charge is 0.252 e. The van der Waals surface area contributed by atoms with Crippen LogP contribution in [0.3, 0.4) is 0 Å². The van der Waals surface area contributed by atoms with E-state index in [4.69, 9.17) is 23.1 Å². The summed E-state index contributed by atoms with van der Waals surface area (Å²) in [7, 11) is 0. The number of hydrogen-bond acceptors (Lipinski definition) is 2. The molecule has 2 atom stereocenters. The number of benzene rings is 1. The minimum atomic E-state index is -0.465. The van der Waals surface area contributed by atoms with Crippen LogP contribution in [0.5, 0.6) is 0 Å². The highest BCUT2D eigenvalue weighted by molar-refractivity contribution is 6.21.